The molecule has 1 aliphatic carbocycles. The van der Waals surface area contributed by atoms with Crippen molar-refractivity contribution in [2.45, 2.75) is 76.4 Å². The number of fused-ring (bicyclic) bond motifs is 1. The maximum absolute atomic E-state index is 12.8. The fourth-order valence-corrected chi connectivity index (χ4v) is 4.83. The molecule has 2 N–H and O–H groups in total. The molecule has 1 aromatic carbocycles. The first kappa shape index (κ1) is 21.0. The molecular formula is C23H33N3O4. The van der Waals surface area contributed by atoms with Crippen molar-refractivity contribution in [2.24, 2.45) is 0 Å². The molecule has 0 radical (unpaired) electrons. The normalized spacial score (nSPS) is 23.4. The molecule has 7 heteroatoms. The van der Waals surface area contributed by atoms with Crippen LogP contribution in [0, 0.1) is 0 Å². The molecule has 0 aromatic heterocycles. The van der Waals surface area contributed by atoms with E-state index in [2.05, 4.69) is 21.6 Å². The van der Waals surface area contributed by atoms with E-state index in [1.54, 1.807) is 0 Å². The summed E-state index contributed by atoms with van der Waals surface area (Å²) in [6, 6.07) is 5.64. The highest BCUT2D eigenvalue weighted by molar-refractivity contribution is 5.96. The first-order valence-corrected chi connectivity index (χ1v) is 11.4. The molecule has 3 amide bonds. The van der Waals surface area contributed by atoms with Crippen LogP contribution in [0.2, 0.25) is 0 Å². The van der Waals surface area contributed by atoms with Gasteiger partial charge in [0.2, 0.25) is 5.91 Å². The number of hydrogen-bond donors (Lipinski definition) is 2. The van der Waals surface area contributed by atoms with Crippen LogP contribution in [-0.2, 0) is 4.79 Å². The molecule has 3 aliphatic rings. The fourth-order valence-electron chi connectivity index (χ4n) is 4.83. The van der Waals surface area contributed by atoms with Crippen LogP contribution >= 0.6 is 0 Å². The summed E-state index contributed by atoms with van der Waals surface area (Å²) in [5, 5.41) is 5.52. The lowest BCUT2D eigenvalue weighted by molar-refractivity contribution is -0.125. The largest absolute Gasteiger partial charge is 0.490 e. The van der Waals surface area contributed by atoms with E-state index in [4.69, 9.17) is 9.47 Å². The highest BCUT2D eigenvalue weighted by Crippen LogP contribution is 2.38. The Morgan fingerprint density at radius 2 is 1.77 bits per heavy atom. The monoisotopic (exact) mass is 415 g/mol. The van der Waals surface area contributed by atoms with Crippen molar-refractivity contribution < 1.29 is 19.1 Å². The number of imide groups is 1. The maximum Gasteiger partial charge on any atom is 0.321 e. The Morgan fingerprint density at radius 3 is 2.57 bits per heavy atom. The SMILES string of the molecule is C[C@@H](C(=O)NC(=O)NC1CCCCC1)N1CCC[C@@H]1c1ccc2c(c1)OCCCO2. The van der Waals surface area contributed by atoms with Gasteiger partial charge in [-0.25, -0.2) is 4.79 Å². The molecular weight excluding hydrogens is 382 g/mol. The maximum atomic E-state index is 12.8. The quantitative estimate of drug-likeness (QED) is 0.786. The van der Waals surface area contributed by atoms with Crippen LogP contribution < -0.4 is 20.1 Å². The molecule has 2 fully saturated rings. The lowest BCUT2D eigenvalue weighted by atomic mass is 9.96. The number of benzene rings is 1. The Hall–Kier alpha value is -2.28. The number of ether oxygens (including phenoxy) is 2. The molecule has 7 nitrogen and oxygen atoms in total. The Labute approximate surface area is 178 Å². The summed E-state index contributed by atoms with van der Waals surface area (Å²) in [6.07, 6.45) is 8.37. The second-order valence-electron chi connectivity index (χ2n) is 8.63. The van der Waals surface area contributed by atoms with Crippen LogP contribution in [0.25, 0.3) is 0 Å². The first-order valence-electron chi connectivity index (χ1n) is 11.4. The Bertz CT molecular complexity index is 763. The van der Waals surface area contributed by atoms with E-state index < -0.39 is 0 Å². The zero-order chi connectivity index (χ0) is 20.9. The van der Waals surface area contributed by atoms with Gasteiger partial charge in [-0.2, -0.15) is 0 Å². The van der Waals surface area contributed by atoms with Crippen LogP contribution in [0.5, 0.6) is 11.5 Å². The van der Waals surface area contributed by atoms with Crippen molar-refractivity contribution in [1.82, 2.24) is 15.5 Å². The number of carbonyl (C=O) groups excluding carboxylic acids is 2. The van der Waals surface area contributed by atoms with Crippen molar-refractivity contribution in [1.29, 1.82) is 0 Å². The molecule has 164 valence electrons. The number of amides is 3. The summed E-state index contributed by atoms with van der Waals surface area (Å²) < 4.78 is 11.6. The Kier molecular flexibility index (Phi) is 6.77. The summed E-state index contributed by atoms with van der Waals surface area (Å²) in [4.78, 5) is 27.3. The summed E-state index contributed by atoms with van der Waals surface area (Å²) >= 11 is 0. The second-order valence-corrected chi connectivity index (χ2v) is 8.63. The molecule has 2 aliphatic heterocycles. The number of urea groups is 1. The van der Waals surface area contributed by atoms with E-state index in [1.807, 2.05) is 19.1 Å². The topological polar surface area (TPSA) is 79.9 Å². The van der Waals surface area contributed by atoms with E-state index in [0.717, 1.165) is 68.6 Å². The highest BCUT2D eigenvalue weighted by atomic mass is 16.5. The molecule has 4 rings (SSSR count). The number of hydrogen-bond acceptors (Lipinski definition) is 5. The second kappa shape index (κ2) is 9.69. The third kappa shape index (κ3) is 4.89. The van der Waals surface area contributed by atoms with Gasteiger partial charge in [0.1, 0.15) is 0 Å². The molecule has 1 saturated heterocycles. The van der Waals surface area contributed by atoms with E-state index in [1.165, 1.54) is 6.42 Å². The standard InChI is InChI=1S/C23H33N3O4/c1-16(22(27)25-23(28)24-18-7-3-2-4-8-18)26-12-5-9-19(26)17-10-11-20-21(15-17)30-14-6-13-29-20/h10-11,15-16,18-19H,2-9,12-14H2,1H3,(H2,24,25,27,28)/t16-,19+/m0/s1. The van der Waals surface area contributed by atoms with Gasteiger partial charge >= 0.3 is 6.03 Å². The van der Waals surface area contributed by atoms with Gasteiger partial charge in [-0.3, -0.25) is 15.0 Å². The van der Waals surface area contributed by atoms with Crippen molar-refractivity contribution in [2.75, 3.05) is 19.8 Å². The summed E-state index contributed by atoms with van der Waals surface area (Å²) in [5.74, 6) is 1.32. The predicted octanol–water partition coefficient (Wildman–Crippen LogP) is 3.53. The number of nitrogens with zero attached hydrogens (tertiary/aromatic N) is 1. The van der Waals surface area contributed by atoms with E-state index >= 15 is 0 Å². The van der Waals surface area contributed by atoms with Crippen LogP contribution in [0.1, 0.15) is 69.9 Å². The average molecular weight is 416 g/mol. The van der Waals surface area contributed by atoms with E-state index in [9.17, 15) is 9.59 Å². The third-order valence-corrected chi connectivity index (χ3v) is 6.50. The molecule has 0 bridgehead atoms. The number of nitrogens with one attached hydrogen (secondary N) is 2. The smallest absolute Gasteiger partial charge is 0.321 e. The van der Waals surface area contributed by atoms with E-state index in [0.29, 0.717) is 13.2 Å². The Morgan fingerprint density at radius 1 is 1.00 bits per heavy atom. The Balaban J connectivity index is 1.38. The summed E-state index contributed by atoms with van der Waals surface area (Å²) in [5.41, 5.74) is 1.13. The summed E-state index contributed by atoms with van der Waals surface area (Å²) in [7, 11) is 0. The minimum Gasteiger partial charge on any atom is -0.490 e. The van der Waals surface area contributed by atoms with Gasteiger partial charge in [0.25, 0.3) is 0 Å². The van der Waals surface area contributed by atoms with Gasteiger partial charge in [0.05, 0.1) is 19.3 Å². The molecule has 0 unspecified atom stereocenters. The molecule has 1 aromatic rings. The molecule has 2 heterocycles. The third-order valence-electron chi connectivity index (χ3n) is 6.50. The average Bonchev–Trinajstić information content (AvgIpc) is 3.12. The van der Waals surface area contributed by atoms with Crippen LogP contribution in [-0.4, -0.2) is 48.7 Å². The van der Waals surface area contributed by atoms with Gasteiger partial charge in [-0.05, 0) is 56.8 Å². The van der Waals surface area contributed by atoms with Crippen molar-refractivity contribution in [3.63, 3.8) is 0 Å². The zero-order valence-electron chi connectivity index (χ0n) is 17.8. The minimum atomic E-state index is -0.384. The van der Waals surface area contributed by atoms with Crippen LogP contribution in [0.3, 0.4) is 0 Å². The highest BCUT2D eigenvalue weighted by Gasteiger charge is 2.34. The van der Waals surface area contributed by atoms with Gasteiger partial charge in [-0.15, -0.1) is 0 Å². The zero-order valence-corrected chi connectivity index (χ0v) is 17.8. The van der Waals surface area contributed by atoms with Gasteiger partial charge < -0.3 is 14.8 Å². The number of likely N-dealkylation sites (tertiary alicyclic amines) is 1. The number of rotatable bonds is 4. The van der Waals surface area contributed by atoms with Crippen molar-refractivity contribution in [3.8, 4) is 11.5 Å². The van der Waals surface area contributed by atoms with E-state index in [-0.39, 0.29) is 30.1 Å². The number of carbonyl (C=O) groups is 2. The minimum absolute atomic E-state index is 0.129. The summed E-state index contributed by atoms with van der Waals surface area (Å²) in [6.45, 7) is 4.03. The van der Waals surface area contributed by atoms with Gasteiger partial charge in [-0.1, -0.05) is 25.3 Å². The molecule has 30 heavy (non-hydrogen) atoms. The fraction of sp³-hybridized carbons (Fsp3) is 0.652. The van der Waals surface area contributed by atoms with Gasteiger partial charge in [0, 0.05) is 18.5 Å². The lowest BCUT2D eigenvalue weighted by Gasteiger charge is -2.30. The molecule has 0 spiro atoms. The first-order chi connectivity index (χ1) is 14.6. The molecule has 1 saturated carbocycles. The lowest BCUT2D eigenvalue weighted by Crippen LogP contribution is -2.51. The van der Waals surface area contributed by atoms with Crippen molar-refractivity contribution >= 4 is 11.9 Å². The predicted molar refractivity (Wildman–Crippen MR) is 114 cm³/mol. The van der Waals surface area contributed by atoms with Crippen LogP contribution in [0.4, 0.5) is 4.79 Å². The van der Waals surface area contributed by atoms with Crippen molar-refractivity contribution in [3.05, 3.63) is 23.8 Å². The van der Waals surface area contributed by atoms with Crippen LogP contribution in [0.15, 0.2) is 18.2 Å². The van der Waals surface area contributed by atoms with Gasteiger partial charge in [0.15, 0.2) is 11.5 Å². The molecule has 2 atom stereocenters.